The fourth-order valence-corrected chi connectivity index (χ4v) is 2.78. The molecule has 0 aliphatic carbocycles. The van der Waals surface area contributed by atoms with Crippen molar-refractivity contribution in [3.8, 4) is 11.4 Å². The van der Waals surface area contributed by atoms with Crippen LogP contribution < -0.4 is 0 Å². The molecule has 3 rings (SSSR count). The molecule has 21 heavy (non-hydrogen) atoms. The van der Waals surface area contributed by atoms with Crippen molar-refractivity contribution >= 4 is 0 Å². The summed E-state index contributed by atoms with van der Waals surface area (Å²) in [6.07, 6.45) is 1.21. The Bertz CT molecular complexity index is 640. The van der Waals surface area contributed by atoms with Crippen molar-refractivity contribution in [2.45, 2.75) is 33.2 Å². The first-order valence-corrected chi connectivity index (χ1v) is 7.39. The summed E-state index contributed by atoms with van der Waals surface area (Å²) < 4.78 is 18.7. The molecule has 1 aliphatic rings. The molecule has 2 unspecified atom stereocenters. The van der Waals surface area contributed by atoms with Gasteiger partial charge in [-0.1, -0.05) is 12.1 Å². The van der Waals surface area contributed by atoms with Crippen molar-refractivity contribution < 1.29 is 8.91 Å². The summed E-state index contributed by atoms with van der Waals surface area (Å²) in [5.74, 6) is 1.64. The van der Waals surface area contributed by atoms with Gasteiger partial charge in [0.05, 0.1) is 6.04 Å². The standard InChI is InChI=1S/C16H20FN3O/c1-10-6-7-20(9-10)12(3)16-18-15(19-21-16)13-4-5-14(17)11(2)8-13/h4-5,8,10,12H,6-7,9H2,1-3H3. The number of likely N-dealkylation sites (tertiary alicyclic amines) is 1. The maximum atomic E-state index is 13.3. The molecule has 0 saturated carbocycles. The third-order valence-corrected chi connectivity index (χ3v) is 4.22. The van der Waals surface area contributed by atoms with E-state index < -0.39 is 0 Å². The summed E-state index contributed by atoms with van der Waals surface area (Å²) in [5, 5.41) is 4.03. The minimum atomic E-state index is -0.220. The van der Waals surface area contributed by atoms with E-state index in [-0.39, 0.29) is 11.9 Å². The first-order chi connectivity index (χ1) is 10.0. The summed E-state index contributed by atoms with van der Waals surface area (Å²) >= 11 is 0. The maximum Gasteiger partial charge on any atom is 0.244 e. The van der Waals surface area contributed by atoms with Gasteiger partial charge >= 0.3 is 0 Å². The van der Waals surface area contributed by atoms with Gasteiger partial charge in [0, 0.05) is 12.1 Å². The average molecular weight is 289 g/mol. The number of aryl methyl sites for hydroxylation is 1. The topological polar surface area (TPSA) is 42.2 Å². The van der Waals surface area contributed by atoms with Crippen LogP contribution in [-0.2, 0) is 0 Å². The van der Waals surface area contributed by atoms with Crippen molar-refractivity contribution in [2.24, 2.45) is 5.92 Å². The van der Waals surface area contributed by atoms with E-state index in [9.17, 15) is 4.39 Å². The number of hydrogen-bond acceptors (Lipinski definition) is 4. The summed E-state index contributed by atoms with van der Waals surface area (Å²) in [4.78, 5) is 6.84. The SMILES string of the molecule is Cc1cc(-c2noc(C(C)N3CCC(C)C3)n2)ccc1F. The van der Waals surface area contributed by atoms with E-state index in [0.29, 0.717) is 17.3 Å². The molecule has 112 valence electrons. The first-order valence-electron chi connectivity index (χ1n) is 7.39. The van der Waals surface area contributed by atoms with Gasteiger partial charge in [-0.05, 0) is 56.5 Å². The van der Waals surface area contributed by atoms with E-state index >= 15 is 0 Å². The maximum absolute atomic E-state index is 13.3. The predicted molar refractivity (Wildman–Crippen MR) is 78.2 cm³/mol. The highest BCUT2D eigenvalue weighted by molar-refractivity contribution is 5.55. The van der Waals surface area contributed by atoms with Crippen LogP contribution in [0.1, 0.15) is 37.8 Å². The normalized spacial score (nSPS) is 20.9. The van der Waals surface area contributed by atoms with Gasteiger partial charge in [-0.15, -0.1) is 0 Å². The molecule has 2 atom stereocenters. The minimum absolute atomic E-state index is 0.123. The quantitative estimate of drug-likeness (QED) is 0.866. The zero-order valence-electron chi connectivity index (χ0n) is 12.6. The first kappa shape index (κ1) is 14.2. The zero-order valence-corrected chi connectivity index (χ0v) is 12.6. The lowest BCUT2D eigenvalue weighted by atomic mass is 10.1. The Balaban J connectivity index is 1.81. The molecule has 0 N–H and O–H groups in total. The van der Waals surface area contributed by atoms with Gasteiger partial charge < -0.3 is 4.52 Å². The number of rotatable bonds is 3. The van der Waals surface area contributed by atoms with E-state index in [0.717, 1.165) is 24.6 Å². The van der Waals surface area contributed by atoms with Crippen molar-refractivity contribution in [1.82, 2.24) is 15.0 Å². The van der Waals surface area contributed by atoms with Gasteiger partial charge in [-0.3, -0.25) is 4.90 Å². The summed E-state index contributed by atoms with van der Waals surface area (Å²) in [6.45, 7) is 8.21. The largest absolute Gasteiger partial charge is 0.337 e. The van der Waals surface area contributed by atoms with Gasteiger partial charge in [0.2, 0.25) is 11.7 Å². The fourth-order valence-electron chi connectivity index (χ4n) is 2.78. The Labute approximate surface area is 124 Å². The zero-order chi connectivity index (χ0) is 15.0. The van der Waals surface area contributed by atoms with Crippen molar-refractivity contribution in [1.29, 1.82) is 0 Å². The third-order valence-electron chi connectivity index (χ3n) is 4.22. The number of hydrogen-bond donors (Lipinski definition) is 0. The number of aromatic nitrogens is 2. The van der Waals surface area contributed by atoms with E-state index in [1.165, 1.54) is 12.5 Å². The van der Waals surface area contributed by atoms with Crippen LogP contribution in [0.4, 0.5) is 4.39 Å². The molecule has 4 nitrogen and oxygen atoms in total. The Morgan fingerprint density at radius 2 is 2.24 bits per heavy atom. The van der Waals surface area contributed by atoms with E-state index in [1.807, 2.05) is 0 Å². The van der Waals surface area contributed by atoms with E-state index in [4.69, 9.17) is 4.52 Å². The average Bonchev–Trinajstić information content (AvgIpc) is 3.10. The van der Waals surface area contributed by atoms with Crippen LogP contribution in [0, 0.1) is 18.7 Å². The lowest BCUT2D eigenvalue weighted by Crippen LogP contribution is -2.24. The molecule has 0 amide bonds. The predicted octanol–water partition coefficient (Wildman–Crippen LogP) is 3.59. The van der Waals surface area contributed by atoms with E-state index in [1.54, 1.807) is 19.1 Å². The Hall–Kier alpha value is -1.75. The van der Waals surface area contributed by atoms with Gasteiger partial charge in [-0.2, -0.15) is 4.98 Å². The van der Waals surface area contributed by atoms with Gasteiger partial charge in [0.15, 0.2) is 0 Å². The molecule has 0 radical (unpaired) electrons. The lowest BCUT2D eigenvalue weighted by molar-refractivity contribution is 0.204. The summed E-state index contributed by atoms with van der Waals surface area (Å²) in [6, 6.07) is 4.98. The Morgan fingerprint density at radius 1 is 1.43 bits per heavy atom. The van der Waals surface area contributed by atoms with Crippen LogP contribution in [0.15, 0.2) is 22.7 Å². The molecule has 0 bridgehead atoms. The highest BCUT2D eigenvalue weighted by Gasteiger charge is 2.27. The smallest absolute Gasteiger partial charge is 0.244 e. The highest BCUT2D eigenvalue weighted by atomic mass is 19.1. The summed E-state index contributed by atoms with van der Waals surface area (Å²) in [5.41, 5.74) is 1.37. The van der Waals surface area contributed by atoms with Crippen LogP contribution in [0.2, 0.25) is 0 Å². The molecule has 2 aromatic rings. The van der Waals surface area contributed by atoms with Gasteiger partial charge in [0.1, 0.15) is 5.82 Å². The Morgan fingerprint density at radius 3 is 2.90 bits per heavy atom. The molecule has 1 fully saturated rings. The van der Waals surface area contributed by atoms with Crippen LogP contribution in [0.25, 0.3) is 11.4 Å². The number of halogens is 1. The molecular weight excluding hydrogens is 269 g/mol. The lowest BCUT2D eigenvalue weighted by Gasteiger charge is -2.20. The monoisotopic (exact) mass is 289 g/mol. The van der Waals surface area contributed by atoms with E-state index in [2.05, 4.69) is 28.9 Å². The molecular formula is C16H20FN3O. The number of benzene rings is 1. The van der Waals surface area contributed by atoms with Crippen molar-refractivity contribution in [3.63, 3.8) is 0 Å². The fraction of sp³-hybridized carbons (Fsp3) is 0.500. The van der Waals surface area contributed by atoms with Crippen molar-refractivity contribution in [3.05, 3.63) is 35.5 Å². The number of nitrogens with zero attached hydrogens (tertiary/aromatic N) is 3. The van der Waals surface area contributed by atoms with Gasteiger partial charge in [-0.25, -0.2) is 4.39 Å². The van der Waals surface area contributed by atoms with Crippen LogP contribution in [-0.4, -0.2) is 28.1 Å². The molecule has 0 spiro atoms. The van der Waals surface area contributed by atoms with Crippen LogP contribution in [0.5, 0.6) is 0 Å². The molecule has 5 heteroatoms. The second-order valence-electron chi connectivity index (χ2n) is 5.98. The third kappa shape index (κ3) is 2.83. The van der Waals surface area contributed by atoms with Gasteiger partial charge in [0.25, 0.3) is 0 Å². The minimum Gasteiger partial charge on any atom is -0.337 e. The molecule has 1 aromatic carbocycles. The molecule has 2 heterocycles. The summed E-state index contributed by atoms with van der Waals surface area (Å²) in [7, 11) is 0. The second kappa shape index (κ2) is 5.56. The molecule has 1 saturated heterocycles. The molecule has 1 aromatic heterocycles. The van der Waals surface area contributed by atoms with Crippen molar-refractivity contribution in [2.75, 3.05) is 13.1 Å². The van der Waals surface area contributed by atoms with Crippen LogP contribution >= 0.6 is 0 Å². The molecule has 1 aliphatic heterocycles. The van der Waals surface area contributed by atoms with Crippen LogP contribution in [0.3, 0.4) is 0 Å². The highest BCUT2D eigenvalue weighted by Crippen LogP contribution is 2.27. The second-order valence-corrected chi connectivity index (χ2v) is 5.98. The Kier molecular flexibility index (Phi) is 3.76.